The van der Waals surface area contributed by atoms with Crippen molar-refractivity contribution in [1.29, 1.82) is 0 Å². The third-order valence-corrected chi connectivity index (χ3v) is 1.88. The Kier molecular flexibility index (Phi) is 2.35. The molecule has 1 unspecified atom stereocenters. The molecule has 0 saturated carbocycles. The van der Waals surface area contributed by atoms with Gasteiger partial charge in [-0.3, -0.25) is 0 Å². The molecule has 1 atom stereocenters. The van der Waals surface area contributed by atoms with Crippen molar-refractivity contribution in [3.63, 3.8) is 0 Å². The highest BCUT2D eigenvalue weighted by Crippen LogP contribution is 2.21. The summed E-state index contributed by atoms with van der Waals surface area (Å²) in [5, 5.41) is 0. The van der Waals surface area contributed by atoms with Crippen LogP contribution in [0.2, 0.25) is 0 Å². The van der Waals surface area contributed by atoms with Crippen molar-refractivity contribution in [2.75, 3.05) is 6.54 Å². The second-order valence-electron chi connectivity index (χ2n) is 3.04. The number of aryl methyl sites for hydroxylation is 2. The Morgan fingerprint density at radius 3 is 2.55 bits per heavy atom. The van der Waals surface area contributed by atoms with Crippen molar-refractivity contribution in [2.45, 2.75) is 26.7 Å². The fraction of sp³-hybridized carbons (Fsp3) is 0.556. The fourth-order valence-electron chi connectivity index (χ4n) is 1.26. The second kappa shape index (κ2) is 3.09. The lowest BCUT2D eigenvalue weighted by Gasteiger charge is -2.04. The highest BCUT2D eigenvalue weighted by molar-refractivity contribution is 5.22. The van der Waals surface area contributed by atoms with Crippen LogP contribution in [0.1, 0.15) is 29.9 Å². The topological polar surface area (TPSA) is 39.2 Å². The maximum absolute atomic E-state index is 5.52. The van der Waals surface area contributed by atoms with Crippen molar-refractivity contribution in [1.82, 2.24) is 0 Å². The van der Waals surface area contributed by atoms with Gasteiger partial charge in [-0.25, -0.2) is 0 Å². The average Bonchev–Trinajstić information content (AvgIpc) is 2.28. The highest BCUT2D eigenvalue weighted by atomic mass is 16.3. The quantitative estimate of drug-likeness (QED) is 0.705. The van der Waals surface area contributed by atoms with Crippen LogP contribution in [0.15, 0.2) is 10.5 Å². The van der Waals surface area contributed by atoms with Gasteiger partial charge in [-0.05, 0) is 25.5 Å². The first kappa shape index (κ1) is 8.34. The summed E-state index contributed by atoms with van der Waals surface area (Å²) in [6, 6.07) is 2.04. The van der Waals surface area contributed by atoms with E-state index in [4.69, 9.17) is 10.2 Å². The summed E-state index contributed by atoms with van der Waals surface area (Å²) in [5.41, 5.74) is 6.73. The van der Waals surface area contributed by atoms with Gasteiger partial charge < -0.3 is 10.2 Å². The molecule has 2 nitrogen and oxygen atoms in total. The minimum Gasteiger partial charge on any atom is -0.466 e. The SMILES string of the molecule is Cc1cc(C)c(C(C)CN)o1. The second-order valence-corrected chi connectivity index (χ2v) is 3.04. The predicted molar refractivity (Wildman–Crippen MR) is 45.7 cm³/mol. The monoisotopic (exact) mass is 153 g/mol. The van der Waals surface area contributed by atoms with Gasteiger partial charge in [0.05, 0.1) is 0 Å². The molecule has 0 aromatic carbocycles. The van der Waals surface area contributed by atoms with E-state index in [1.807, 2.05) is 13.0 Å². The molecule has 0 aliphatic carbocycles. The van der Waals surface area contributed by atoms with E-state index < -0.39 is 0 Å². The van der Waals surface area contributed by atoms with Crippen LogP contribution in [-0.2, 0) is 0 Å². The van der Waals surface area contributed by atoms with E-state index >= 15 is 0 Å². The van der Waals surface area contributed by atoms with Gasteiger partial charge in [0.15, 0.2) is 0 Å². The van der Waals surface area contributed by atoms with Gasteiger partial charge in [0.1, 0.15) is 11.5 Å². The minimum absolute atomic E-state index is 0.337. The first-order chi connectivity index (χ1) is 5.15. The summed E-state index contributed by atoms with van der Waals surface area (Å²) in [4.78, 5) is 0. The molecule has 0 spiro atoms. The normalized spacial score (nSPS) is 13.5. The minimum atomic E-state index is 0.337. The van der Waals surface area contributed by atoms with Gasteiger partial charge in [-0.1, -0.05) is 6.92 Å². The molecular formula is C9H15NO. The molecule has 1 heterocycles. The summed E-state index contributed by atoms with van der Waals surface area (Å²) < 4.78 is 5.49. The largest absolute Gasteiger partial charge is 0.466 e. The van der Waals surface area contributed by atoms with Crippen molar-refractivity contribution in [3.05, 3.63) is 23.2 Å². The molecule has 0 aliphatic rings. The zero-order valence-electron chi connectivity index (χ0n) is 7.35. The van der Waals surface area contributed by atoms with Crippen molar-refractivity contribution in [2.24, 2.45) is 5.73 Å². The molecule has 0 saturated heterocycles. The molecule has 11 heavy (non-hydrogen) atoms. The molecule has 0 radical (unpaired) electrons. The van der Waals surface area contributed by atoms with Gasteiger partial charge in [-0.15, -0.1) is 0 Å². The number of hydrogen-bond donors (Lipinski definition) is 1. The Bertz CT molecular complexity index is 240. The Morgan fingerprint density at radius 2 is 2.18 bits per heavy atom. The van der Waals surface area contributed by atoms with Crippen LogP contribution in [-0.4, -0.2) is 6.54 Å². The standard InChI is InChI=1S/C9H15NO/c1-6-4-8(3)11-9(6)7(2)5-10/h4,7H,5,10H2,1-3H3. The van der Waals surface area contributed by atoms with E-state index in [0.29, 0.717) is 12.5 Å². The van der Waals surface area contributed by atoms with Crippen LogP contribution >= 0.6 is 0 Å². The van der Waals surface area contributed by atoms with Gasteiger partial charge in [0.2, 0.25) is 0 Å². The summed E-state index contributed by atoms with van der Waals surface area (Å²) >= 11 is 0. The first-order valence-electron chi connectivity index (χ1n) is 3.92. The lowest BCUT2D eigenvalue weighted by atomic mass is 10.1. The van der Waals surface area contributed by atoms with Gasteiger partial charge >= 0.3 is 0 Å². The summed E-state index contributed by atoms with van der Waals surface area (Å²) in [6.07, 6.45) is 0. The predicted octanol–water partition coefficient (Wildman–Crippen LogP) is 1.96. The van der Waals surface area contributed by atoms with E-state index in [-0.39, 0.29) is 0 Å². The number of furan rings is 1. The van der Waals surface area contributed by atoms with Crippen molar-refractivity contribution >= 4 is 0 Å². The number of nitrogens with two attached hydrogens (primary N) is 1. The molecule has 1 aromatic heterocycles. The number of rotatable bonds is 2. The average molecular weight is 153 g/mol. The lowest BCUT2D eigenvalue weighted by molar-refractivity contribution is 0.453. The Labute approximate surface area is 67.4 Å². The van der Waals surface area contributed by atoms with Crippen LogP contribution in [0.4, 0.5) is 0 Å². The zero-order valence-corrected chi connectivity index (χ0v) is 7.35. The maximum Gasteiger partial charge on any atom is 0.111 e. The van der Waals surface area contributed by atoms with Crippen LogP contribution in [0.25, 0.3) is 0 Å². The van der Waals surface area contributed by atoms with Crippen LogP contribution < -0.4 is 5.73 Å². The smallest absolute Gasteiger partial charge is 0.111 e. The van der Waals surface area contributed by atoms with Gasteiger partial charge in [0.25, 0.3) is 0 Å². The summed E-state index contributed by atoms with van der Waals surface area (Å²) in [6.45, 7) is 6.73. The molecular weight excluding hydrogens is 138 g/mol. The summed E-state index contributed by atoms with van der Waals surface area (Å²) in [5.74, 6) is 2.34. The Balaban J connectivity index is 2.93. The zero-order chi connectivity index (χ0) is 8.43. The maximum atomic E-state index is 5.52. The van der Waals surface area contributed by atoms with Crippen LogP contribution in [0.5, 0.6) is 0 Å². The van der Waals surface area contributed by atoms with Crippen LogP contribution in [0, 0.1) is 13.8 Å². The third kappa shape index (κ3) is 1.63. The first-order valence-corrected chi connectivity index (χ1v) is 3.92. The highest BCUT2D eigenvalue weighted by Gasteiger charge is 2.10. The summed E-state index contributed by atoms with van der Waals surface area (Å²) in [7, 11) is 0. The van der Waals surface area contributed by atoms with E-state index in [1.54, 1.807) is 0 Å². The van der Waals surface area contributed by atoms with Gasteiger partial charge in [-0.2, -0.15) is 0 Å². The molecule has 0 bridgehead atoms. The molecule has 1 rings (SSSR count). The molecule has 0 amide bonds. The van der Waals surface area contributed by atoms with E-state index in [1.165, 1.54) is 5.56 Å². The van der Waals surface area contributed by atoms with Gasteiger partial charge in [0, 0.05) is 12.5 Å². The van der Waals surface area contributed by atoms with Crippen molar-refractivity contribution < 1.29 is 4.42 Å². The van der Waals surface area contributed by atoms with E-state index in [0.717, 1.165) is 11.5 Å². The molecule has 2 heteroatoms. The van der Waals surface area contributed by atoms with E-state index in [2.05, 4.69) is 13.8 Å². The lowest BCUT2D eigenvalue weighted by Crippen LogP contribution is -2.08. The third-order valence-electron chi connectivity index (χ3n) is 1.88. The fourth-order valence-corrected chi connectivity index (χ4v) is 1.26. The molecule has 1 aromatic rings. The molecule has 62 valence electrons. The number of hydrogen-bond acceptors (Lipinski definition) is 2. The van der Waals surface area contributed by atoms with Crippen molar-refractivity contribution in [3.8, 4) is 0 Å². The molecule has 0 fully saturated rings. The van der Waals surface area contributed by atoms with Crippen LogP contribution in [0.3, 0.4) is 0 Å². The Hall–Kier alpha value is -0.760. The molecule has 0 aliphatic heterocycles. The Morgan fingerprint density at radius 1 is 1.55 bits per heavy atom. The van der Waals surface area contributed by atoms with E-state index in [9.17, 15) is 0 Å². The molecule has 2 N–H and O–H groups in total.